The average molecular weight is 336 g/mol. The second-order valence-electron chi connectivity index (χ2n) is 3.46. The number of hydrogen-bond donors (Lipinski definition) is 0. The van der Waals surface area contributed by atoms with Crippen molar-refractivity contribution in [2.75, 3.05) is 0 Å². The molecule has 0 aliphatic heterocycles. The summed E-state index contributed by atoms with van der Waals surface area (Å²) in [4.78, 5) is 4.25. The van der Waals surface area contributed by atoms with Gasteiger partial charge in [0.25, 0.3) is 5.89 Å². The molecule has 0 aliphatic carbocycles. The summed E-state index contributed by atoms with van der Waals surface area (Å²) < 4.78 is 5.95. The van der Waals surface area contributed by atoms with Crippen molar-refractivity contribution in [2.24, 2.45) is 0 Å². The first-order valence-electron chi connectivity index (χ1n) is 5.05. The lowest BCUT2D eigenvalue weighted by molar-refractivity contribution is 0.421. The van der Waals surface area contributed by atoms with Gasteiger partial charge in [-0.25, -0.2) is 0 Å². The molecule has 0 aliphatic rings. The molecule has 1 heterocycles. The highest BCUT2D eigenvalue weighted by Crippen LogP contribution is 2.29. The first-order chi connectivity index (χ1) is 8.11. The third-order valence-corrected chi connectivity index (χ3v) is 3.96. The molecule has 1 aromatic heterocycles. The number of hydrogen-bond acceptors (Lipinski definition) is 3. The van der Waals surface area contributed by atoms with Crippen molar-refractivity contribution in [3.63, 3.8) is 0 Å². The van der Waals surface area contributed by atoms with Crippen LogP contribution in [-0.4, -0.2) is 10.1 Å². The van der Waals surface area contributed by atoms with Gasteiger partial charge in [0.1, 0.15) is 0 Å². The number of alkyl halides is 1. The summed E-state index contributed by atoms with van der Waals surface area (Å²) in [6, 6.07) is 5.41. The van der Waals surface area contributed by atoms with E-state index in [1.807, 2.05) is 19.1 Å². The minimum absolute atomic E-state index is 0.219. The normalized spacial score (nSPS) is 12.7. The number of nitrogens with zero attached hydrogens (tertiary/aromatic N) is 2. The maximum absolute atomic E-state index is 6.03. The Morgan fingerprint density at radius 3 is 2.88 bits per heavy atom. The van der Waals surface area contributed by atoms with Crippen LogP contribution in [0.2, 0.25) is 5.02 Å². The highest BCUT2D eigenvalue weighted by Gasteiger charge is 2.15. The van der Waals surface area contributed by atoms with E-state index in [2.05, 4.69) is 26.1 Å². The number of aromatic nitrogens is 2. The minimum atomic E-state index is -0.219. The summed E-state index contributed by atoms with van der Waals surface area (Å²) in [6.45, 7) is 1.96. The van der Waals surface area contributed by atoms with Crippen LogP contribution >= 0.6 is 39.1 Å². The maximum Gasteiger partial charge on any atom is 0.258 e. The molecule has 17 heavy (non-hydrogen) atoms. The van der Waals surface area contributed by atoms with Crippen molar-refractivity contribution in [3.8, 4) is 11.5 Å². The molecule has 0 N–H and O–H groups in total. The Morgan fingerprint density at radius 1 is 1.47 bits per heavy atom. The van der Waals surface area contributed by atoms with Crippen molar-refractivity contribution in [3.05, 3.63) is 33.5 Å². The lowest BCUT2D eigenvalue weighted by atomic mass is 10.2. The van der Waals surface area contributed by atoms with Crippen LogP contribution in [0.4, 0.5) is 0 Å². The molecule has 0 spiro atoms. The standard InChI is InChI=1S/C11H9BrCl2N2O/c1-2-8(13)10-15-11(17-16-10)6-3-4-9(14)7(12)5-6/h3-5,8H,2H2,1H3. The van der Waals surface area contributed by atoms with Gasteiger partial charge >= 0.3 is 0 Å². The smallest absolute Gasteiger partial charge is 0.258 e. The lowest BCUT2D eigenvalue weighted by Crippen LogP contribution is -1.90. The molecular weight excluding hydrogens is 327 g/mol. The van der Waals surface area contributed by atoms with E-state index >= 15 is 0 Å². The lowest BCUT2D eigenvalue weighted by Gasteiger charge is -1.98. The Balaban J connectivity index is 2.33. The van der Waals surface area contributed by atoms with Crippen LogP contribution in [0.3, 0.4) is 0 Å². The Kier molecular flexibility index (Phi) is 4.07. The summed E-state index contributed by atoms with van der Waals surface area (Å²) >= 11 is 15.3. The number of halogens is 3. The highest BCUT2D eigenvalue weighted by atomic mass is 79.9. The fourth-order valence-electron chi connectivity index (χ4n) is 1.29. The van der Waals surface area contributed by atoms with Gasteiger partial charge in [-0.05, 0) is 40.5 Å². The highest BCUT2D eigenvalue weighted by molar-refractivity contribution is 9.10. The van der Waals surface area contributed by atoms with Crippen LogP contribution in [-0.2, 0) is 0 Å². The van der Waals surface area contributed by atoms with Crippen LogP contribution in [0.1, 0.15) is 24.5 Å². The second kappa shape index (κ2) is 5.38. The van der Waals surface area contributed by atoms with Gasteiger partial charge in [0, 0.05) is 10.0 Å². The average Bonchev–Trinajstić information content (AvgIpc) is 2.81. The Hall–Kier alpha value is -0.580. The van der Waals surface area contributed by atoms with Crippen LogP contribution in [0.25, 0.3) is 11.5 Å². The monoisotopic (exact) mass is 334 g/mol. The van der Waals surface area contributed by atoms with E-state index in [0.29, 0.717) is 16.7 Å². The molecular formula is C11H9BrCl2N2O. The number of benzene rings is 1. The van der Waals surface area contributed by atoms with Crippen LogP contribution in [0.15, 0.2) is 27.2 Å². The summed E-state index contributed by atoms with van der Waals surface area (Å²) in [7, 11) is 0. The fourth-order valence-corrected chi connectivity index (χ4v) is 1.88. The molecule has 6 heteroatoms. The molecule has 1 atom stereocenters. The summed E-state index contributed by atoms with van der Waals surface area (Å²) in [5.74, 6) is 0.951. The predicted molar refractivity (Wildman–Crippen MR) is 71.3 cm³/mol. The van der Waals surface area contributed by atoms with Gasteiger partial charge < -0.3 is 4.52 Å². The molecule has 2 rings (SSSR count). The van der Waals surface area contributed by atoms with Crippen LogP contribution in [0.5, 0.6) is 0 Å². The molecule has 0 bridgehead atoms. The SMILES string of the molecule is CCC(Cl)c1noc(-c2ccc(Cl)c(Br)c2)n1. The van der Waals surface area contributed by atoms with Crippen LogP contribution in [0, 0.1) is 0 Å². The Labute approximate surface area is 117 Å². The molecule has 2 aromatic rings. The molecule has 0 fully saturated rings. The summed E-state index contributed by atoms with van der Waals surface area (Å²) in [5.41, 5.74) is 0.806. The number of rotatable bonds is 3. The first kappa shape index (κ1) is 12.9. The van der Waals surface area contributed by atoms with E-state index in [9.17, 15) is 0 Å². The van der Waals surface area contributed by atoms with Crippen molar-refractivity contribution < 1.29 is 4.52 Å². The summed E-state index contributed by atoms with van der Waals surface area (Å²) in [6.07, 6.45) is 0.755. The molecule has 1 aromatic carbocycles. The largest absolute Gasteiger partial charge is 0.334 e. The second-order valence-corrected chi connectivity index (χ2v) is 5.25. The van der Waals surface area contributed by atoms with Crippen molar-refractivity contribution in [1.29, 1.82) is 0 Å². The quantitative estimate of drug-likeness (QED) is 0.753. The van der Waals surface area contributed by atoms with Gasteiger partial charge in [0.15, 0.2) is 5.82 Å². The molecule has 90 valence electrons. The topological polar surface area (TPSA) is 38.9 Å². The van der Waals surface area contributed by atoms with E-state index in [1.54, 1.807) is 6.07 Å². The van der Waals surface area contributed by atoms with Gasteiger partial charge in [-0.1, -0.05) is 23.7 Å². The molecule has 0 amide bonds. The van der Waals surface area contributed by atoms with E-state index < -0.39 is 0 Å². The van der Waals surface area contributed by atoms with E-state index in [1.165, 1.54) is 0 Å². The molecule has 0 saturated carbocycles. The van der Waals surface area contributed by atoms with E-state index in [4.69, 9.17) is 27.7 Å². The Bertz CT molecular complexity index is 530. The van der Waals surface area contributed by atoms with Gasteiger partial charge in [-0.3, -0.25) is 0 Å². The van der Waals surface area contributed by atoms with E-state index in [-0.39, 0.29) is 5.38 Å². The predicted octanol–water partition coefficient (Wildman–Crippen LogP) is 4.84. The van der Waals surface area contributed by atoms with Crippen molar-refractivity contribution >= 4 is 39.1 Å². The van der Waals surface area contributed by atoms with Gasteiger partial charge in [0.2, 0.25) is 0 Å². The Morgan fingerprint density at radius 2 is 2.24 bits per heavy atom. The van der Waals surface area contributed by atoms with Crippen molar-refractivity contribution in [2.45, 2.75) is 18.7 Å². The van der Waals surface area contributed by atoms with Gasteiger partial charge in [0.05, 0.1) is 10.4 Å². The molecule has 0 saturated heterocycles. The molecule has 3 nitrogen and oxygen atoms in total. The maximum atomic E-state index is 6.03. The molecule has 1 unspecified atom stereocenters. The van der Waals surface area contributed by atoms with Gasteiger partial charge in [-0.2, -0.15) is 4.98 Å². The van der Waals surface area contributed by atoms with Gasteiger partial charge in [-0.15, -0.1) is 11.6 Å². The zero-order valence-electron chi connectivity index (χ0n) is 8.95. The van der Waals surface area contributed by atoms with E-state index in [0.717, 1.165) is 16.5 Å². The first-order valence-corrected chi connectivity index (χ1v) is 6.65. The van der Waals surface area contributed by atoms with Crippen molar-refractivity contribution in [1.82, 2.24) is 10.1 Å². The zero-order valence-corrected chi connectivity index (χ0v) is 12.1. The van der Waals surface area contributed by atoms with Crippen LogP contribution < -0.4 is 0 Å². The third kappa shape index (κ3) is 2.81. The third-order valence-electron chi connectivity index (χ3n) is 2.25. The summed E-state index contributed by atoms with van der Waals surface area (Å²) in [5, 5.41) is 4.27. The fraction of sp³-hybridized carbons (Fsp3) is 0.273. The minimum Gasteiger partial charge on any atom is -0.334 e. The zero-order chi connectivity index (χ0) is 12.4. The molecule has 0 radical (unpaired) electrons.